The molecule has 0 saturated heterocycles. The number of thioether (sulfide) groups is 1. The van der Waals surface area contributed by atoms with Gasteiger partial charge in [0.15, 0.2) is 11.2 Å². The van der Waals surface area contributed by atoms with Crippen LogP contribution < -0.4 is 16.6 Å². The third-order valence-corrected chi connectivity index (χ3v) is 6.24. The number of hydrogen-bond donors (Lipinski definition) is 1. The standard InChI is InChI=1S/C18H18ClN5O3S/c1-22-16-15(17(26)23(2)18(22)27)24(9-20-16)8-14(25)21-12-5-6-28-13-4-3-10(19)7-11(12)13/h3-4,7,9,12H,5-6,8H2,1-2H3,(H,21,25)/t12-/m1/s1. The number of imidazole rings is 1. The van der Waals surface area contributed by atoms with Crippen LogP contribution in [0.15, 0.2) is 39.0 Å². The normalized spacial score (nSPS) is 16.2. The van der Waals surface area contributed by atoms with Crippen LogP contribution in [0.4, 0.5) is 0 Å². The second-order valence-electron chi connectivity index (χ2n) is 6.69. The van der Waals surface area contributed by atoms with Gasteiger partial charge >= 0.3 is 5.69 Å². The van der Waals surface area contributed by atoms with Gasteiger partial charge < -0.3 is 9.88 Å². The van der Waals surface area contributed by atoms with Crippen LogP contribution in [-0.2, 0) is 25.4 Å². The summed E-state index contributed by atoms with van der Waals surface area (Å²) in [7, 11) is 2.95. The smallest absolute Gasteiger partial charge is 0.332 e. The largest absolute Gasteiger partial charge is 0.348 e. The van der Waals surface area contributed by atoms with E-state index in [-0.39, 0.29) is 29.7 Å². The van der Waals surface area contributed by atoms with E-state index in [9.17, 15) is 14.4 Å². The zero-order valence-corrected chi connectivity index (χ0v) is 16.9. The molecular weight excluding hydrogens is 402 g/mol. The molecule has 0 unspecified atom stereocenters. The molecule has 0 spiro atoms. The van der Waals surface area contributed by atoms with E-state index in [0.717, 1.165) is 27.2 Å². The lowest BCUT2D eigenvalue weighted by Crippen LogP contribution is -2.38. The first kappa shape index (κ1) is 18.8. The first-order valence-electron chi connectivity index (χ1n) is 8.69. The number of nitrogens with zero attached hydrogens (tertiary/aromatic N) is 4. The Morgan fingerprint density at radius 1 is 1.32 bits per heavy atom. The van der Waals surface area contributed by atoms with Crippen molar-refractivity contribution in [3.05, 3.63) is 56.0 Å². The van der Waals surface area contributed by atoms with Crippen molar-refractivity contribution in [3.8, 4) is 0 Å². The van der Waals surface area contributed by atoms with Crippen molar-refractivity contribution in [1.82, 2.24) is 24.0 Å². The fraction of sp³-hybridized carbons (Fsp3) is 0.333. The number of benzene rings is 1. The van der Waals surface area contributed by atoms with Gasteiger partial charge in [-0.05, 0) is 30.2 Å². The van der Waals surface area contributed by atoms with Crippen LogP contribution in [0.5, 0.6) is 0 Å². The van der Waals surface area contributed by atoms with Gasteiger partial charge in [-0.2, -0.15) is 0 Å². The third-order valence-electron chi connectivity index (χ3n) is 4.88. The van der Waals surface area contributed by atoms with Crippen molar-refractivity contribution < 1.29 is 4.79 Å². The Morgan fingerprint density at radius 3 is 2.89 bits per heavy atom. The predicted octanol–water partition coefficient (Wildman–Crippen LogP) is 1.44. The van der Waals surface area contributed by atoms with E-state index < -0.39 is 11.2 Å². The highest BCUT2D eigenvalue weighted by atomic mass is 35.5. The molecular formula is C18H18ClN5O3S. The number of nitrogens with one attached hydrogen (secondary N) is 1. The molecule has 1 atom stereocenters. The van der Waals surface area contributed by atoms with Crippen molar-refractivity contribution in [2.24, 2.45) is 14.1 Å². The Morgan fingerprint density at radius 2 is 2.11 bits per heavy atom. The molecule has 0 bridgehead atoms. The van der Waals surface area contributed by atoms with Gasteiger partial charge in [-0.3, -0.25) is 18.7 Å². The minimum Gasteiger partial charge on any atom is -0.348 e. The SMILES string of the molecule is Cn1c(=O)c2c(ncn2CC(=O)N[C@@H]2CCSc3ccc(Cl)cc32)n(C)c1=O. The van der Waals surface area contributed by atoms with Crippen LogP contribution in [0.25, 0.3) is 11.2 Å². The lowest BCUT2D eigenvalue weighted by atomic mass is 10.0. The van der Waals surface area contributed by atoms with Gasteiger partial charge in [-0.15, -0.1) is 11.8 Å². The molecule has 4 rings (SSSR count). The Balaban J connectivity index is 1.62. The third kappa shape index (κ3) is 3.14. The number of fused-ring (bicyclic) bond motifs is 2. The summed E-state index contributed by atoms with van der Waals surface area (Å²) in [4.78, 5) is 42.5. The average Bonchev–Trinajstić information content (AvgIpc) is 3.08. The van der Waals surface area contributed by atoms with Crippen molar-refractivity contribution in [1.29, 1.82) is 0 Å². The monoisotopic (exact) mass is 419 g/mol. The van der Waals surface area contributed by atoms with E-state index >= 15 is 0 Å². The highest BCUT2D eigenvalue weighted by Crippen LogP contribution is 2.37. The molecule has 1 N–H and O–H groups in total. The molecule has 0 fully saturated rings. The Labute approximate surface area is 169 Å². The highest BCUT2D eigenvalue weighted by molar-refractivity contribution is 7.99. The number of carbonyl (C=O) groups excluding carboxylic acids is 1. The maximum absolute atomic E-state index is 12.7. The van der Waals surface area contributed by atoms with Crippen LogP contribution in [0.1, 0.15) is 18.0 Å². The quantitative estimate of drug-likeness (QED) is 0.693. The first-order chi connectivity index (χ1) is 13.4. The minimum atomic E-state index is -0.477. The van der Waals surface area contributed by atoms with Crippen LogP contribution in [-0.4, -0.2) is 30.3 Å². The van der Waals surface area contributed by atoms with E-state index in [1.807, 2.05) is 18.2 Å². The molecule has 1 aliphatic rings. The molecule has 1 aliphatic heterocycles. The maximum Gasteiger partial charge on any atom is 0.332 e. The maximum atomic E-state index is 12.7. The van der Waals surface area contributed by atoms with E-state index in [2.05, 4.69) is 10.3 Å². The van der Waals surface area contributed by atoms with Crippen molar-refractivity contribution in [2.75, 3.05) is 5.75 Å². The molecule has 28 heavy (non-hydrogen) atoms. The number of aryl methyl sites for hydroxylation is 1. The molecule has 2 aromatic heterocycles. The van der Waals surface area contributed by atoms with E-state index in [1.54, 1.807) is 18.8 Å². The highest BCUT2D eigenvalue weighted by Gasteiger charge is 2.23. The second-order valence-corrected chi connectivity index (χ2v) is 8.26. The number of rotatable bonds is 3. The number of aromatic nitrogens is 4. The number of carbonyl (C=O) groups is 1. The second kappa shape index (κ2) is 7.14. The molecule has 146 valence electrons. The Bertz CT molecular complexity index is 1210. The van der Waals surface area contributed by atoms with E-state index in [0.29, 0.717) is 5.02 Å². The lowest BCUT2D eigenvalue weighted by molar-refractivity contribution is -0.122. The van der Waals surface area contributed by atoms with Crippen LogP contribution in [0.2, 0.25) is 5.02 Å². The molecule has 1 aromatic carbocycles. The Hall–Kier alpha value is -2.52. The molecule has 10 heteroatoms. The van der Waals surface area contributed by atoms with E-state index in [4.69, 9.17) is 11.6 Å². The van der Waals surface area contributed by atoms with Gasteiger partial charge in [-0.25, -0.2) is 9.78 Å². The van der Waals surface area contributed by atoms with Gasteiger partial charge in [0.05, 0.1) is 12.4 Å². The van der Waals surface area contributed by atoms with Crippen molar-refractivity contribution in [3.63, 3.8) is 0 Å². The average molecular weight is 420 g/mol. The summed E-state index contributed by atoms with van der Waals surface area (Å²) in [5.74, 6) is 0.661. The fourth-order valence-corrected chi connectivity index (χ4v) is 4.71. The zero-order valence-electron chi connectivity index (χ0n) is 15.3. The summed E-state index contributed by atoms with van der Waals surface area (Å²) in [6.45, 7) is -0.0660. The first-order valence-corrected chi connectivity index (χ1v) is 10.1. The van der Waals surface area contributed by atoms with Gasteiger partial charge in [-0.1, -0.05) is 11.6 Å². The van der Waals surface area contributed by atoms with E-state index in [1.165, 1.54) is 22.5 Å². The minimum absolute atomic E-state index is 0.0660. The molecule has 3 heterocycles. The number of amides is 1. The molecule has 0 radical (unpaired) electrons. The number of halogens is 1. The number of hydrogen-bond acceptors (Lipinski definition) is 5. The predicted molar refractivity (Wildman–Crippen MR) is 108 cm³/mol. The summed E-state index contributed by atoms with van der Waals surface area (Å²) in [6.07, 6.45) is 2.21. The van der Waals surface area contributed by atoms with Gasteiger partial charge in [0.2, 0.25) is 5.91 Å². The molecule has 1 amide bonds. The Kier molecular flexibility index (Phi) is 4.80. The fourth-order valence-electron chi connectivity index (χ4n) is 3.43. The molecule has 0 aliphatic carbocycles. The van der Waals surface area contributed by atoms with Crippen molar-refractivity contribution in [2.45, 2.75) is 23.9 Å². The van der Waals surface area contributed by atoms with Crippen molar-refractivity contribution >= 4 is 40.4 Å². The summed E-state index contributed by atoms with van der Waals surface area (Å²) in [5, 5.41) is 3.66. The van der Waals surface area contributed by atoms with Crippen LogP contribution in [0, 0.1) is 0 Å². The topological polar surface area (TPSA) is 90.9 Å². The summed E-state index contributed by atoms with van der Waals surface area (Å²) >= 11 is 7.86. The summed E-state index contributed by atoms with van der Waals surface area (Å²) in [5.41, 5.74) is 0.551. The van der Waals surface area contributed by atoms with Crippen LogP contribution in [0.3, 0.4) is 0 Å². The summed E-state index contributed by atoms with van der Waals surface area (Å²) < 4.78 is 3.78. The lowest BCUT2D eigenvalue weighted by Gasteiger charge is -2.26. The molecule has 0 saturated carbocycles. The van der Waals surface area contributed by atoms with Gasteiger partial charge in [0, 0.05) is 29.8 Å². The zero-order chi connectivity index (χ0) is 20.0. The summed E-state index contributed by atoms with van der Waals surface area (Å²) in [6, 6.07) is 5.56. The van der Waals surface area contributed by atoms with Gasteiger partial charge in [0.1, 0.15) is 6.54 Å². The molecule has 3 aromatic rings. The van der Waals surface area contributed by atoms with Gasteiger partial charge in [0.25, 0.3) is 5.56 Å². The van der Waals surface area contributed by atoms with Crippen LogP contribution >= 0.6 is 23.4 Å². The molecule has 8 nitrogen and oxygen atoms in total.